The maximum atomic E-state index is 14.0. The SMILES string of the molecule is O=C1C[C@@H](C(=O)N2CCN(S(=O)(=O)c3ccccc3F)CC2)c2ccccc2N1. The van der Waals surface area contributed by atoms with Crippen LogP contribution in [0.3, 0.4) is 0 Å². The van der Waals surface area contributed by atoms with Gasteiger partial charge in [-0.15, -0.1) is 0 Å². The van der Waals surface area contributed by atoms with Crippen molar-refractivity contribution in [3.05, 3.63) is 59.9 Å². The van der Waals surface area contributed by atoms with Crippen molar-refractivity contribution in [3.8, 4) is 0 Å². The zero-order valence-electron chi connectivity index (χ0n) is 15.5. The molecule has 0 aliphatic carbocycles. The molecule has 0 aromatic heterocycles. The number of hydrogen-bond acceptors (Lipinski definition) is 4. The predicted molar refractivity (Wildman–Crippen MR) is 104 cm³/mol. The zero-order chi connectivity index (χ0) is 20.6. The molecular weight excluding hydrogens is 397 g/mol. The van der Waals surface area contributed by atoms with Gasteiger partial charge in [-0.3, -0.25) is 9.59 Å². The summed E-state index contributed by atoms with van der Waals surface area (Å²) in [5.74, 6) is -1.80. The maximum absolute atomic E-state index is 14.0. The van der Waals surface area contributed by atoms with Crippen LogP contribution >= 0.6 is 0 Å². The van der Waals surface area contributed by atoms with Crippen LogP contribution in [-0.2, 0) is 19.6 Å². The summed E-state index contributed by atoms with van der Waals surface area (Å²) in [6.07, 6.45) is 0.0591. The van der Waals surface area contributed by atoms with Gasteiger partial charge in [0, 0.05) is 38.3 Å². The van der Waals surface area contributed by atoms with Gasteiger partial charge >= 0.3 is 0 Å². The van der Waals surface area contributed by atoms with Crippen molar-refractivity contribution in [1.29, 1.82) is 0 Å². The van der Waals surface area contributed by atoms with Crippen molar-refractivity contribution in [3.63, 3.8) is 0 Å². The number of nitrogens with one attached hydrogen (secondary N) is 1. The summed E-state index contributed by atoms with van der Waals surface area (Å²) < 4.78 is 40.6. The Balaban J connectivity index is 1.48. The molecule has 1 atom stereocenters. The van der Waals surface area contributed by atoms with Gasteiger partial charge in [-0.2, -0.15) is 4.31 Å². The first-order chi connectivity index (χ1) is 13.9. The van der Waals surface area contributed by atoms with E-state index in [0.717, 1.165) is 11.6 Å². The largest absolute Gasteiger partial charge is 0.340 e. The van der Waals surface area contributed by atoms with Crippen LogP contribution in [0.4, 0.5) is 10.1 Å². The van der Waals surface area contributed by atoms with Crippen LogP contribution in [0.5, 0.6) is 0 Å². The van der Waals surface area contributed by atoms with Gasteiger partial charge in [0.25, 0.3) is 0 Å². The molecule has 9 heteroatoms. The quantitative estimate of drug-likeness (QED) is 0.825. The molecule has 2 aromatic rings. The Kier molecular flexibility index (Phi) is 5.10. The van der Waals surface area contributed by atoms with Gasteiger partial charge in [0.2, 0.25) is 21.8 Å². The molecule has 0 spiro atoms. The van der Waals surface area contributed by atoms with Gasteiger partial charge in [0.15, 0.2) is 0 Å². The van der Waals surface area contributed by atoms with Crippen LogP contribution in [-0.4, -0.2) is 55.6 Å². The topological polar surface area (TPSA) is 86.8 Å². The average molecular weight is 417 g/mol. The third-order valence-electron chi connectivity index (χ3n) is 5.30. The molecule has 4 rings (SSSR count). The highest BCUT2D eigenvalue weighted by atomic mass is 32.2. The second-order valence-corrected chi connectivity index (χ2v) is 8.96. The number of hydrogen-bond donors (Lipinski definition) is 1. The lowest BCUT2D eigenvalue weighted by Gasteiger charge is -2.36. The van der Waals surface area contributed by atoms with Gasteiger partial charge in [-0.25, -0.2) is 12.8 Å². The summed E-state index contributed by atoms with van der Waals surface area (Å²) >= 11 is 0. The third kappa shape index (κ3) is 3.63. The summed E-state index contributed by atoms with van der Waals surface area (Å²) in [5.41, 5.74) is 1.39. The predicted octanol–water partition coefficient (Wildman–Crippen LogP) is 1.78. The lowest BCUT2D eigenvalue weighted by Crippen LogP contribution is -2.52. The van der Waals surface area contributed by atoms with Crippen LogP contribution in [0, 0.1) is 5.82 Å². The van der Waals surface area contributed by atoms with E-state index in [-0.39, 0.29) is 49.3 Å². The number of nitrogens with zero attached hydrogens (tertiary/aromatic N) is 2. The second kappa shape index (κ2) is 7.57. The fourth-order valence-corrected chi connectivity index (χ4v) is 5.28. The second-order valence-electron chi connectivity index (χ2n) is 7.05. The average Bonchev–Trinajstić information content (AvgIpc) is 2.73. The standard InChI is InChI=1S/C20H20FN3O4S/c21-16-6-2-4-8-18(16)29(27,28)24-11-9-23(10-12-24)20(26)15-13-19(25)22-17-7-3-1-5-14(15)17/h1-8,15H,9-13H2,(H,22,25)/t15-/m1/s1. The fourth-order valence-electron chi connectivity index (χ4n) is 3.79. The lowest BCUT2D eigenvalue weighted by molar-refractivity contribution is -0.136. The Morgan fingerprint density at radius 1 is 1.00 bits per heavy atom. The van der Waals surface area contributed by atoms with E-state index in [2.05, 4.69) is 5.32 Å². The smallest absolute Gasteiger partial charge is 0.246 e. The Morgan fingerprint density at radius 3 is 2.38 bits per heavy atom. The molecule has 2 aromatic carbocycles. The van der Waals surface area contributed by atoms with Gasteiger partial charge in [-0.05, 0) is 23.8 Å². The molecule has 0 saturated carbocycles. The number of carbonyl (C=O) groups is 2. The number of halogens is 1. The third-order valence-corrected chi connectivity index (χ3v) is 7.23. The number of fused-ring (bicyclic) bond motifs is 1. The summed E-state index contributed by atoms with van der Waals surface area (Å²) in [5, 5.41) is 2.77. The number of anilines is 1. The first-order valence-corrected chi connectivity index (χ1v) is 10.7. The van der Waals surface area contributed by atoms with Crippen LogP contribution in [0.1, 0.15) is 17.9 Å². The van der Waals surface area contributed by atoms with Crippen molar-refractivity contribution in [2.45, 2.75) is 17.2 Å². The lowest BCUT2D eigenvalue weighted by atomic mass is 9.89. The monoisotopic (exact) mass is 417 g/mol. The van der Waals surface area contributed by atoms with Gasteiger partial charge in [0.05, 0.1) is 5.92 Å². The number of piperazine rings is 1. The zero-order valence-corrected chi connectivity index (χ0v) is 16.4. The molecule has 29 heavy (non-hydrogen) atoms. The molecular formula is C20H20FN3O4S. The fraction of sp³-hybridized carbons (Fsp3) is 0.300. The normalized spacial score (nSPS) is 20.1. The van der Waals surface area contributed by atoms with Crippen molar-refractivity contribution in [2.75, 3.05) is 31.5 Å². The minimum Gasteiger partial charge on any atom is -0.340 e. The summed E-state index contributed by atoms with van der Waals surface area (Å²) in [6.45, 7) is 0.519. The highest BCUT2D eigenvalue weighted by Crippen LogP contribution is 2.33. The molecule has 1 N–H and O–H groups in total. The Morgan fingerprint density at radius 2 is 1.66 bits per heavy atom. The van der Waals surface area contributed by atoms with Gasteiger partial charge < -0.3 is 10.2 Å². The number of amides is 2. The molecule has 0 bridgehead atoms. The van der Waals surface area contributed by atoms with Gasteiger partial charge in [-0.1, -0.05) is 30.3 Å². The molecule has 1 saturated heterocycles. The molecule has 152 valence electrons. The molecule has 2 heterocycles. The first kappa shape index (κ1) is 19.5. The van der Waals surface area contributed by atoms with Crippen molar-refractivity contribution in [1.82, 2.24) is 9.21 Å². The van der Waals surface area contributed by atoms with E-state index in [1.54, 1.807) is 17.0 Å². The van der Waals surface area contributed by atoms with E-state index in [9.17, 15) is 22.4 Å². The highest BCUT2D eigenvalue weighted by molar-refractivity contribution is 7.89. The number of benzene rings is 2. The number of sulfonamides is 1. The number of rotatable bonds is 3. The van der Waals surface area contributed by atoms with Crippen LogP contribution in [0.25, 0.3) is 0 Å². The van der Waals surface area contributed by atoms with E-state index >= 15 is 0 Å². The molecule has 0 radical (unpaired) electrons. The van der Waals surface area contributed by atoms with E-state index in [4.69, 9.17) is 0 Å². The molecule has 2 aliphatic heterocycles. The molecule has 2 amide bonds. The van der Waals surface area contributed by atoms with Crippen molar-refractivity contribution >= 4 is 27.5 Å². The Bertz CT molecular complexity index is 1060. The van der Waals surface area contributed by atoms with Crippen LogP contribution in [0.2, 0.25) is 0 Å². The van der Waals surface area contributed by atoms with Crippen molar-refractivity contribution in [2.24, 2.45) is 0 Å². The molecule has 1 fully saturated rings. The molecule has 2 aliphatic rings. The van der Waals surface area contributed by atoms with E-state index in [0.29, 0.717) is 5.69 Å². The number of para-hydroxylation sites is 1. The first-order valence-electron chi connectivity index (χ1n) is 9.30. The van der Waals surface area contributed by atoms with E-state index in [1.807, 2.05) is 12.1 Å². The maximum Gasteiger partial charge on any atom is 0.246 e. The summed E-state index contributed by atoms with van der Waals surface area (Å²) in [6, 6.07) is 12.4. The van der Waals surface area contributed by atoms with Crippen molar-refractivity contribution < 1.29 is 22.4 Å². The Labute approximate surface area is 168 Å². The summed E-state index contributed by atoms with van der Waals surface area (Å²) in [7, 11) is -3.97. The minimum atomic E-state index is -3.97. The van der Waals surface area contributed by atoms with Crippen LogP contribution < -0.4 is 5.32 Å². The molecule has 7 nitrogen and oxygen atoms in total. The minimum absolute atomic E-state index is 0.0591. The number of carbonyl (C=O) groups excluding carboxylic acids is 2. The van der Waals surface area contributed by atoms with E-state index < -0.39 is 21.8 Å². The highest BCUT2D eigenvalue weighted by Gasteiger charge is 2.36. The van der Waals surface area contributed by atoms with Crippen LogP contribution in [0.15, 0.2) is 53.4 Å². The summed E-state index contributed by atoms with van der Waals surface area (Å²) in [4.78, 5) is 26.3. The van der Waals surface area contributed by atoms with E-state index in [1.165, 1.54) is 22.5 Å². The Hall–Kier alpha value is -2.78. The van der Waals surface area contributed by atoms with Gasteiger partial charge in [0.1, 0.15) is 10.7 Å². The molecule has 0 unspecified atom stereocenters.